The van der Waals surface area contributed by atoms with Crippen LogP contribution in [0.4, 0.5) is 0 Å². The Morgan fingerprint density at radius 3 is 3.00 bits per heavy atom. The van der Waals surface area contributed by atoms with Crippen LogP contribution in [0.25, 0.3) is 0 Å². The van der Waals surface area contributed by atoms with E-state index in [-0.39, 0.29) is 0 Å². The summed E-state index contributed by atoms with van der Waals surface area (Å²) in [6.45, 7) is 3.15. The first kappa shape index (κ1) is 11.5. The molecule has 1 aromatic rings. The van der Waals surface area contributed by atoms with Gasteiger partial charge in [0.25, 0.3) is 0 Å². The van der Waals surface area contributed by atoms with Crippen molar-refractivity contribution in [2.75, 3.05) is 18.6 Å². The van der Waals surface area contributed by atoms with Crippen LogP contribution in [0.3, 0.4) is 0 Å². The molecule has 0 radical (unpaired) electrons. The third kappa shape index (κ3) is 3.68. The molecule has 0 aliphatic carbocycles. The number of aromatic nitrogens is 1. The molecule has 0 spiro atoms. The van der Waals surface area contributed by atoms with Gasteiger partial charge in [-0.05, 0) is 36.6 Å². The van der Waals surface area contributed by atoms with Gasteiger partial charge in [-0.3, -0.25) is 4.98 Å². The third-order valence-electron chi connectivity index (χ3n) is 2.15. The van der Waals surface area contributed by atoms with Crippen LogP contribution >= 0.6 is 11.8 Å². The van der Waals surface area contributed by atoms with Gasteiger partial charge < -0.3 is 5.32 Å². The summed E-state index contributed by atoms with van der Waals surface area (Å²) in [5.74, 6) is 1.19. The second-order valence-electron chi connectivity index (χ2n) is 3.18. The molecule has 1 aromatic heterocycles. The van der Waals surface area contributed by atoms with E-state index in [2.05, 4.69) is 29.5 Å². The minimum absolute atomic E-state index is 0.459. The largest absolute Gasteiger partial charge is 0.310 e. The summed E-state index contributed by atoms with van der Waals surface area (Å²) in [5.41, 5.74) is 1.29. The Morgan fingerprint density at radius 2 is 2.43 bits per heavy atom. The first-order chi connectivity index (χ1) is 6.88. The van der Waals surface area contributed by atoms with Crippen LogP contribution in [0, 0.1) is 0 Å². The van der Waals surface area contributed by atoms with Crippen molar-refractivity contribution < 1.29 is 0 Å². The van der Waals surface area contributed by atoms with E-state index in [1.807, 2.05) is 30.2 Å². The second-order valence-corrected chi connectivity index (χ2v) is 4.16. The Bertz CT molecular complexity index is 238. The standard InChI is InChI=1S/C11H18N2S/c1-3-13-11(6-8-14-2)10-5-4-7-12-9-10/h4-5,7,9,11,13H,3,6,8H2,1-2H3. The Hall–Kier alpha value is -0.540. The number of nitrogens with zero attached hydrogens (tertiary/aromatic N) is 1. The van der Waals surface area contributed by atoms with Gasteiger partial charge in [0.1, 0.15) is 0 Å². The predicted octanol–water partition coefficient (Wildman–Crippen LogP) is 2.49. The SMILES string of the molecule is CCNC(CCSC)c1cccnc1. The van der Waals surface area contributed by atoms with Crippen molar-refractivity contribution in [3.05, 3.63) is 30.1 Å². The third-order valence-corrected chi connectivity index (χ3v) is 2.79. The fraction of sp³-hybridized carbons (Fsp3) is 0.545. The summed E-state index contributed by atoms with van der Waals surface area (Å²) < 4.78 is 0. The van der Waals surface area contributed by atoms with Crippen LogP contribution in [0.1, 0.15) is 24.9 Å². The van der Waals surface area contributed by atoms with Gasteiger partial charge in [0.05, 0.1) is 0 Å². The van der Waals surface area contributed by atoms with Crippen molar-refractivity contribution in [1.82, 2.24) is 10.3 Å². The molecule has 0 aromatic carbocycles. The van der Waals surface area contributed by atoms with Crippen LogP contribution in [0.2, 0.25) is 0 Å². The molecular weight excluding hydrogens is 192 g/mol. The monoisotopic (exact) mass is 210 g/mol. The predicted molar refractivity (Wildman–Crippen MR) is 63.7 cm³/mol. The lowest BCUT2D eigenvalue weighted by atomic mass is 10.1. The number of thioether (sulfide) groups is 1. The maximum absolute atomic E-state index is 4.15. The van der Waals surface area contributed by atoms with Gasteiger partial charge in [-0.25, -0.2) is 0 Å². The van der Waals surface area contributed by atoms with Gasteiger partial charge in [-0.2, -0.15) is 11.8 Å². The Balaban J connectivity index is 2.58. The fourth-order valence-corrected chi connectivity index (χ4v) is 1.92. The first-order valence-corrected chi connectivity index (χ1v) is 6.40. The molecule has 0 aliphatic heterocycles. The first-order valence-electron chi connectivity index (χ1n) is 5.00. The molecule has 1 heterocycles. The highest BCUT2D eigenvalue weighted by atomic mass is 32.2. The van der Waals surface area contributed by atoms with E-state index in [9.17, 15) is 0 Å². The van der Waals surface area contributed by atoms with Crippen molar-refractivity contribution in [1.29, 1.82) is 0 Å². The zero-order chi connectivity index (χ0) is 10.2. The molecule has 0 saturated heterocycles. The molecule has 3 heteroatoms. The van der Waals surface area contributed by atoms with Crippen LogP contribution in [0.15, 0.2) is 24.5 Å². The number of hydrogen-bond acceptors (Lipinski definition) is 3. The summed E-state index contributed by atoms with van der Waals surface area (Å²) >= 11 is 1.89. The maximum Gasteiger partial charge on any atom is 0.0343 e. The lowest BCUT2D eigenvalue weighted by Gasteiger charge is -2.17. The summed E-state index contributed by atoms with van der Waals surface area (Å²) in [6, 6.07) is 4.60. The van der Waals surface area contributed by atoms with E-state index in [1.54, 1.807) is 0 Å². The van der Waals surface area contributed by atoms with Gasteiger partial charge in [0.15, 0.2) is 0 Å². The van der Waals surface area contributed by atoms with E-state index in [0.717, 1.165) is 6.54 Å². The average Bonchev–Trinajstić information content (AvgIpc) is 2.25. The number of rotatable bonds is 6. The smallest absolute Gasteiger partial charge is 0.0343 e. The summed E-state index contributed by atoms with van der Waals surface area (Å²) in [7, 11) is 0. The zero-order valence-electron chi connectivity index (χ0n) is 8.86. The molecule has 1 N–H and O–H groups in total. The van der Waals surface area contributed by atoms with Crippen LogP contribution in [0.5, 0.6) is 0 Å². The Labute approximate surface area is 90.5 Å². The van der Waals surface area contributed by atoms with Gasteiger partial charge >= 0.3 is 0 Å². The lowest BCUT2D eigenvalue weighted by Crippen LogP contribution is -2.21. The topological polar surface area (TPSA) is 24.9 Å². The average molecular weight is 210 g/mol. The molecule has 0 fully saturated rings. The van der Waals surface area contributed by atoms with E-state index in [1.165, 1.54) is 17.7 Å². The van der Waals surface area contributed by atoms with Gasteiger partial charge in [0, 0.05) is 18.4 Å². The van der Waals surface area contributed by atoms with Crippen molar-refractivity contribution in [3.8, 4) is 0 Å². The Kier molecular flexibility index (Phi) is 5.64. The van der Waals surface area contributed by atoms with Gasteiger partial charge in [-0.1, -0.05) is 13.0 Å². The highest BCUT2D eigenvalue weighted by Crippen LogP contribution is 2.17. The summed E-state index contributed by atoms with van der Waals surface area (Å²) in [4.78, 5) is 4.15. The van der Waals surface area contributed by atoms with E-state index in [4.69, 9.17) is 0 Å². The van der Waals surface area contributed by atoms with Crippen molar-refractivity contribution >= 4 is 11.8 Å². The van der Waals surface area contributed by atoms with Crippen molar-refractivity contribution in [2.24, 2.45) is 0 Å². The Morgan fingerprint density at radius 1 is 1.57 bits per heavy atom. The van der Waals surface area contributed by atoms with E-state index >= 15 is 0 Å². The van der Waals surface area contributed by atoms with Crippen molar-refractivity contribution in [3.63, 3.8) is 0 Å². The highest BCUT2D eigenvalue weighted by Gasteiger charge is 2.08. The lowest BCUT2D eigenvalue weighted by molar-refractivity contribution is 0.539. The van der Waals surface area contributed by atoms with Crippen LogP contribution in [-0.2, 0) is 0 Å². The minimum atomic E-state index is 0.459. The molecule has 78 valence electrons. The van der Waals surface area contributed by atoms with E-state index in [0.29, 0.717) is 6.04 Å². The number of hydrogen-bond donors (Lipinski definition) is 1. The number of nitrogens with one attached hydrogen (secondary N) is 1. The van der Waals surface area contributed by atoms with Crippen molar-refractivity contribution in [2.45, 2.75) is 19.4 Å². The summed E-state index contributed by atoms with van der Waals surface area (Å²) in [6.07, 6.45) is 7.08. The maximum atomic E-state index is 4.15. The van der Waals surface area contributed by atoms with Crippen LogP contribution < -0.4 is 5.32 Å². The zero-order valence-corrected chi connectivity index (χ0v) is 9.68. The molecule has 0 bridgehead atoms. The normalized spacial score (nSPS) is 12.7. The molecule has 1 rings (SSSR count). The second kappa shape index (κ2) is 6.85. The summed E-state index contributed by atoms with van der Waals surface area (Å²) in [5, 5.41) is 3.48. The van der Waals surface area contributed by atoms with Gasteiger partial charge in [0.2, 0.25) is 0 Å². The molecule has 14 heavy (non-hydrogen) atoms. The molecule has 0 aliphatic rings. The van der Waals surface area contributed by atoms with Crippen LogP contribution in [-0.4, -0.2) is 23.5 Å². The molecular formula is C11H18N2S. The molecule has 0 saturated carbocycles. The minimum Gasteiger partial charge on any atom is -0.310 e. The quantitative estimate of drug-likeness (QED) is 0.781. The molecule has 1 unspecified atom stereocenters. The molecule has 1 atom stereocenters. The van der Waals surface area contributed by atoms with Gasteiger partial charge in [-0.15, -0.1) is 0 Å². The highest BCUT2D eigenvalue weighted by molar-refractivity contribution is 7.98. The molecule has 2 nitrogen and oxygen atoms in total. The molecule has 0 amide bonds. The van der Waals surface area contributed by atoms with E-state index < -0.39 is 0 Å². The number of pyridine rings is 1. The fourth-order valence-electron chi connectivity index (χ4n) is 1.45.